The molecule has 1 rings (SSSR count). The van der Waals surface area contributed by atoms with Crippen LogP contribution in [0.15, 0.2) is 0 Å². The number of hydrogen-bond acceptors (Lipinski definition) is 2. The lowest BCUT2D eigenvalue weighted by molar-refractivity contribution is -0.192. The van der Waals surface area contributed by atoms with Gasteiger partial charge in [-0.3, -0.25) is 4.79 Å². The average Bonchev–Trinajstić information content (AvgIpc) is 2.40. The molecule has 0 radical (unpaired) electrons. The highest BCUT2D eigenvalue weighted by atomic mass is 19.3. The van der Waals surface area contributed by atoms with Crippen LogP contribution < -0.4 is 0 Å². The number of carboxylic acids is 1. The lowest BCUT2D eigenvalue weighted by atomic mass is 9.70. The van der Waals surface area contributed by atoms with Crippen molar-refractivity contribution in [3.05, 3.63) is 0 Å². The van der Waals surface area contributed by atoms with Gasteiger partial charge in [0, 0.05) is 5.41 Å². The van der Waals surface area contributed by atoms with Crippen LogP contribution in [0.1, 0.15) is 58.8 Å². The van der Waals surface area contributed by atoms with Crippen molar-refractivity contribution in [2.24, 2.45) is 11.3 Å². The van der Waals surface area contributed by atoms with E-state index in [2.05, 4.69) is 0 Å². The van der Waals surface area contributed by atoms with E-state index in [1.165, 1.54) is 6.92 Å². The largest absolute Gasteiger partial charge is 0.477 e. The fourth-order valence-corrected chi connectivity index (χ4v) is 2.92. The van der Waals surface area contributed by atoms with E-state index < -0.39 is 34.9 Å². The van der Waals surface area contributed by atoms with E-state index in [-0.39, 0.29) is 12.8 Å². The van der Waals surface area contributed by atoms with E-state index in [9.17, 15) is 27.2 Å². The van der Waals surface area contributed by atoms with E-state index in [0.717, 1.165) is 19.3 Å². The average molecular weight is 326 g/mol. The minimum absolute atomic E-state index is 0.0666. The fourth-order valence-electron chi connectivity index (χ4n) is 2.92. The Morgan fingerprint density at radius 1 is 1.00 bits per heavy atom. The maximum atomic E-state index is 14.6. The van der Waals surface area contributed by atoms with E-state index in [1.807, 2.05) is 0 Å². The Balaban J connectivity index is 3.04. The van der Waals surface area contributed by atoms with Crippen LogP contribution in [0, 0.1) is 11.3 Å². The highest BCUT2D eigenvalue weighted by molar-refractivity contribution is 5.93. The molecule has 0 aromatic heterocycles. The number of aliphatic carboxylic acids is 1. The Hall–Kier alpha value is -1.14. The Labute approximate surface area is 127 Å². The molecular weight excluding hydrogens is 304 g/mol. The van der Waals surface area contributed by atoms with Gasteiger partial charge in [-0.1, -0.05) is 39.0 Å². The summed E-state index contributed by atoms with van der Waals surface area (Å²) in [5, 5.41) is 8.44. The Kier molecular flexibility index (Phi) is 5.62. The van der Waals surface area contributed by atoms with Gasteiger partial charge in [-0.05, 0) is 19.8 Å². The van der Waals surface area contributed by atoms with Crippen molar-refractivity contribution >= 4 is 11.8 Å². The molecule has 0 aliphatic heterocycles. The van der Waals surface area contributed by atoms with Gasteiger partial charge in [0.25, 0.3) is 0 Å². The molecule has 1 N–H and O–H groups in total. The molecule has 0 heterocycles. The van der Waals surface area contributed by atoms with E-state index in [4.69, 9.17) is 5.11 Å². The number of Topliss-reactive ketones (excluding diaryl/α,β-unsaturated/α-hetero) is 1. The number of rotatable bonds is 5. The van der Waals surface area contributed by atoms with E-state index >= 15 is 0 Å². The van der Waals surface area contributed by atoms with Crippen molar-refractivity contribution in [3.63, 3.8) is 0 Å². The fraction of sp³-hybridized carbons (Fsp3) is 0.867. The van der Waals surface area contributed by atoms with Crippen LogP contribution in [-0.2, 0) is 9.59 Å². The second-order valence-electron chi connectivity index (χ2n) is 6.42. The van der Waals surface area contributed by atoms with Crippen molar-refractivity contribution in [1.82, 2.24) is 0 Å². The summed E-state index contributed by atoms with van der Waals surface area (Å²) >= 11 is 0. The van der Waals surface area contributed by atoms with E-state index in [1.54, 1.807) is 0 Å². The van der Waals surface area contributed by atoms with Crippen LogP contribution in [0.25, 0.3) is 0 Å². The first kappa shape index (κ1) is 18.9. The molecule has 3 nitrogen and oxygen atoms in total. The summed E-state index contributed by atoms with van der Waals surface area (Å²) in [5.41, 5.74) is -1.70. The number of hydrogen-bond donors (Lipinski definition) is 1. The van der Waals surface area contributed by atoms with Crippen molar-refractivity contribution in [3.8, 4) is 0 Å². The summed E-state index contributed by atoms with van der Waals surface area (Å²) in [6.07, 6.45) is 3.60. The topological polar surface area (TPSA) is 54.4 Å². The first-order valence-corrected chi connectivity index (χ1v) is 7.50. The molecule has 0 amide bonds. The minimum atomic E-state index is -4.50. The smallest absolute Gasteiger partial charge is 0.375 e. The summed E-state index contributed by atoms with van der Waals surface area (Å²) < 4.78 is 55.9. The second kappa shape index (κ2) is 6.54. The molecule has 1 saturated carbocycles. The standard InChI is InChI=1S/C15H22F4O3/c1-10(14(16,17)12(21)22)11(20)15(18,19)13(2)8-6-4-3-5-7-9-13/h10H,3-9H2,1-2H3,(H,21,22). The third kappa shape index (κ3) is 3.43. The second-order valence-corrected chi connectivity index (χ2v) is 6.42. The Morgan fingerprint density at radius 2 is 1.41 bits per heavy atom. The van der Waals surface area contributed by atoms with Crippen molar-refractivity contribution < 1.29 is 32.3 Å². The molecule has 7 heteroatoms. The third-order valence-electron chi connectivity index (χ3n) is 4.75. The molecule has 1 unspecified atom stereocenters. The molecular formula is C15H22F4O3. The van der Waals surface area contributed by atoms with Crippen LogP contribution in [0.3, 0.4) is 0 Å². The molecule has 1 aliphatic carbocycles. The molecule has 0 bridgehead atoms. The van der Waals surface area contributed by atoms with Gasteiger partial charge >= 0.3 is 17.8 Å². The third-order valence-corrected chi connectivity index (χ3v) is 4.75. The van der Waals surface area contributed by atoms with Crippen LogP contribution in [-0.4, -0.2) is 28.7 Å². The molecule has 1 atom stereocenters. The highest BCUT2D eigenvalue weighted by Crippen LogP contribution is 2.48. The quantitative estimate of drug-likeness (QED) is 0.767. The number of carbonyl (C=O) groups is 2. The summed E-state index contributed by atoms with van der Waals surface area (Å²) in [6.45, 7) is 1.79. The first-order valence-electron chi connectivity index (χ1n) is 7.50. The Morgan fingerprint density at radius 3 is 1.82 bits per heavy atom. The zero-order chi connectivity index (χ0) is 17.2. The van der Waals surface area contributed by atoms with Crippen molar-refractivity contribution in [2.45, 2.75) is 70.6 Å². The van der Waals surface area contributed by atoms with E-state index in [0.29, 0.717) is 19.8 Å². The predicted molar refractivity (Wildman–Crippen MR) is 72.1 cm³/mol. The minimum Gasteiger partial charge on any atom is -0.477 e. The highest BCUT2D eigenvalue weighted by Gasteiger charge is 2.61. The lowest BCUT2D eigenvalue weighted by Gasteiger charge is -2.39. The number of carbonyl (C=O) groups excluding carboxylic acids is 1. The molecule has 0 aromatic rings. The van der Waals surface area contributed by atoms with Gasteiger partial charge in [-0.25, -0.2) is 4.79 Å². The van der Waals surface area contributed by atoms with Gasteiger partial charge in [-0.2, -0.15) is 17.6 Å². The molecule has 22 heavy (non-hydrogen) atoms. The molecule has 1 fully saturated rings. The summed E-state index contributed by atoms with van der Waals surface area (Å²) in [6, 6.07) is 0. The van der Waals surface area contributed by atoms with Crippen molar-refractivity contribution in [2.75, 3.05) is 0 Å². The molecule has 128 valence electrons. The van der Waals surface area contributed by atoms with Crippen molar-refractivity contribution in [1.29, 1.82) is 0 Å². The van der Waals surface area contributed by atoms with Gasteiger partial charge in [0.05, 0.1) is 5.92 Å². The predicted octanol–water partition coefficient (Wildman–Crippen LogP) is 4.30. The Bertz CT molecular complexity index is 427. The number of halogens is 4. The van der Waals surface area contributed by atoms with Crippen LogP contribution in [0.4, 0.5) is 17.6 Å². The zero-order valence-electron chi connectivity index (χ0n) is 12.8. The summed E-state index contributed by atoms with van der Waals surface area (Å²) in [5.74, 6) is -15.6. The molecule has 0 saturated heterocycles. The number of carboxylic acid groups (broad SMARTS) is 1. The number of alkyl halides is 4. The zero-order valence-corrected chi connectivity index (χ0v) is 12.8. The summed E-state index contributed by atoms with van der Waals surface area (Å²) in [4.78, 5) is 22.4. The monoisotopic (exact) mass is 326 g/mol. The molecule has 0 spiro atoms. The SMILES string of the molecule is CC(C(=O)C(F)(F)C1(C)CCCCCCC1)C(F)(F)C(=O)O. The lowest BCUT2D eigenvalue weighted by Crippen LogP contribution is -2.53. The normalized spacial score (nSPS) is 21.5. The van der Waals surface area contributed by atoms with Gasteiger partial charge < -0.3 is 5.11 Å². The van der Waals surface area contributed by atoms with Crippen LogP contribution >= 0.6 is 0 Å². The summed E-state index contributed by atoms with van der Waals surface area (Å²) in [7, 11) is 0. The number of ketones is 1. The maximum Gasteiger partial charge on any atom is 0.375 e. The maximum absolute atomic E-state index is 14.6. The van der Waals surface area contributed by atoms with Crippen LogP contribution in [0.2, 0.25) is 0 Å². The molecule has 1 aliphatic rings. The van der Waals surface area contributed by atoms with Gasteiger partial charge in [-0.15, -0.1) is 0 Å². The first-order chi connectivity index (χ1) is 9.97. The van der Waals surface area contributed by atoms with Gasteiger partial charge in [0.2, 0.25) is 5.78 Å². The van der Waals surface area contributed by atoms with Crippen LogP contribution in [0.5, 0.6) is 0 Å². The van der Waals surface area contributed by atoms with Gasteiger partial charge in [0.1, 0.15) is 0 Å². The van der Waals surface area contributed by atoms with Gasteiger partial charge in [0.15, 0.2) is 0 Å². The molecule has 0 aromatic carbocycles.